The van der Waals surface area contributed by atoms with Crippen molar-refractivity contribution in [2.24, 2.45) is 5.92 Å². The van der Waals surface area contributed by atoms with Gasteiger partial charge in [-0.25, -0.2) is 0 Å². The SMILES string of the molecule is CCc1ccc(C(=O)N2CCC3(CC2)SCCN3C(=O)C2CCCC2)cc1. The van der Waals surface area contributed by atoms with Gasteiger partial charge < -0.3 is 9.80 Å². The molecule has 0 bridgehead atoms. The van der Waals surface area contributed by atoms with Gasteiger partial charge in [0.2, 0.25) is 5.91 Å². The first-order chi connectivity index (χ1) is 13.1. The lowest BCUT2D eigenvalue weighted by molar-refractivity contribution is -0.138. The van der Waals surface area contributed by atoms with Crippen LogP contribution in [0, 0.1) is 5.92 Å². The van der Waals surface area contributed by atoms with E-state index in [4.69, 9.17) is 0 Å². The number of carbonyl (C=O) groups is 2. The number of benzene rings is 1. The summed E-state index contributed by atoms with van der Waals surface area (Å²) in [7, 11) is 0. The summed E-state index contributed by atoms with van der Waals surface area (Å²) in [5.74, 6) is 1.79. The Bertz CT molecular complexity index is 689. The zero-order valence-electron chi connectivity index (χ0n) is 16.3. The van der Waals surface area contributed by atoms with E-state index in [1.165, 1.54) is 18.4 Å². The molecule has 4 rings (SSSR count). The molecule has 1 aromatic carbocycles. The van der Waals surface area contributed by atoms with Crippen molar-refractivity contribution in [3.05, 3.63) is 35.4 Å². The number of likely N-dealkylation sites (tertiary alicyclic amines) is 1. The topological polar surface area (TPSA) is 40.6 Å². The number of amides is 2. The molecule has 1 spiro atoms. The fourth-order valence-corrected chi connectivity index (χ4v) is 6.31. The zero-order valence-corrected chi connectivity index (χ0v) is 17.1. The summed E-state index contributed by atoms with van der Waals surface area (Å²) in [6, 6.07) is 8.00. The number of carbonyl (C=O) groups excluding carboxylic acids is 2. The van der Waals surface area contributed by atoms with Crippen molar-refractivity contribution in [2.75, 3.05) is 25.4 Å². The molecule has 0 atom stereocenters. The Kier molecular flexibility index (Phi) is 5.49. The summed E-state index contributed by atoms with van der Waals surface area (Å²) in [4.78, 5) is 30.0. The molecule has 2 aliphatic heterocycles. The van der Waals surface area contributed by atoms with Crippen LogP contribution < -0.4 is 0 Å². The van der Waals surface area contributed by atoms with E-state index < -0.39 is 0 Å². The minimum absolute atomic E-state index is 0.0669. The van der Waals surface area contributed by atoms with E-state index >= 15 is 0 Å². The van der Waals surface area contributed by atoms with Gasteiger partial charge in [-0.15, -0.1) is 11.8 Å². The first kappa shape index (κ1) is 18.9. The van der Waals surface area contributed by atoms with Gasteiger partial charge in [-0.1, -0.05) is 31.9 Å². The second-order valence-electron chi connectivity index (χ2n) is 8.11. The maximum absolute atomic E-state index is 13.1. The van der Waals surface area contributed by atoms with Gasteiger partial charge in [-0.05, 0) is 49.8 Å². The van der Waals surface area contributed by atoms with E-state index in [2.05, 4.69) is 11.8 Å². The van der Waals surface area contributed by atoms with Crippen LogP contribution in [0.15, 0.2) is 24.3 Å². The molecule has 146 valence electrons. The number of hydrogen-bond acceptors (Lipinski definition) is 3. The van der Waals surface area contributed by atoms with Gasteiger partial charge in [0.25, 0.3) is 5.91 Å². The summed E-state index contributed by atoms with van der Waals surface area (Å²) in [6.45, 7) is 4.50. The molecule has 4 nitrogen and oxygen atoms in total. The average Bonchev–Trinajstić information content (AvgIpc) is 3.38. The van der Waals surface area contributed by atoms with Gasteiger partial charge in [0.1, 0.15) is 0 Å². The monoisotopic (exact) mass is 386 g/mol. The third kappa shape index (κ3) is 3.63. The third-order valence-corrected chi connectivity index (χ3v) is 8.14. The van der Waals surface area contributed by atoms with Crippen LogP contribution >= 0.6 is 11.8 Å². The van der Waals surface area contributed by atoms with E-state index in [0.29, 0.717) is 5.91 Å². The highest BCUT2D eigenvalue weighted by molar-refractivity contribution is 8.00. The van der Waals surface area contributed by atoms with E-state index in [1.54, 1.807) is 0 Å². The normalized spacial score (nSPS) is 22.6. The number of piperidine rings is 1. The molecule has 5 heteroatoms. The molecule has 0 radical (unpaired) electrons. The zero-order chi connectivity index (χ0) is 18.9. The number of thioether (sulfide) groups is 1. The second-order valence-corrected chi connectivity index (χ2v) is 9.57. The van der Waals surface area contributed by atoms with Crippen LogP contribution in [0.4, 0.5) is 0 Å². The van der Waals surface area contributed by atoms with Crippen LogP contribution in [-0.4, -0.2) is 51.9 Å². The predicted molar refractivity (Wildman–Crippen MR) is 110 cm³/mol. The molecule has 3 aliphatic rings. The van der Waals surface area contributed by atoms with Gasteiger partial charge >= 0.3 is 0 Å². The van der Waals surface area contributed by atoms with Gasteiger partial charge in [0.05, 0.1) is 4.87 Å². The maximum Gasteiger partial charge on any atom is 0.253 e. The smallest absolute Gasteiger partial charge is 0.253 e. The lowest BCUT2D eigenvalue weighted by Gasteiger charge is -2.44. The van der Waals surface area contributed by atoms with E-state index in [9.17, 15) is 9.59 Å². The molecule has 1 saturated carbocycles. The Hall–Kier alpha value is -1.49. The Labute approximate surface area is 166 Å². The molecule has 27 heavy (non-hydrogen) atoms. The van der Waals surface area contributed by atoms with Crippen molar-refractivity contribution in [3.8, 4) is 0 Å². The van der Waals surface area contributed by atoms with Gasteiger partial charge in [0, 0.05) is 36.9 Å². The Morgan fingerprint density at radius 1 is 1.07 bits per heavy atom. The third-order valence-electron chi connectivity index (χ3n) is 6.59. The van der Waals surface area contributed by atoms with Crippen molar-refractivity contribution in [1.82, 2.24) is 9.80 Å². The molecular weight excluding hydrogens is 356 g/mol. The molecular formula is C22H30N2O2S. The first-order valence-corrected chi connectivity index (χ1v) is 11.5. The molecule has 0 unspecified atom stereocenters. The minimum Gasteiger partial charge on any atom is -0.338 e. The molecule has 0 N–H and O–H groups in total. The van der Waals surface area contributed by atoms with Crippen LogP contribution in [0.3, 0.4) is 0 Å². The Morgan fingerprint density at radius 3 is 2.37 bits per heavy atom. The lowest BCUT2D eigenvalue weighted by Crippen LogP contribution is -2.54. The summed E-state index contributed by atoms with van der Waals surface area (Å²) in [6.07, 6.45) is 7.31. The van der Waals surface area contributed by atoms with Crippen LogP contribution in [0.2, 0.25) is 0 Å². The maximum atomic E-state index is 13.1. The van der Waals surface area contributed by atoms with Crippen LogP contribution in [0.1, 0.15) is 61.4 Å². The van der Waals surface area contributed by atoms with Gasteiger partial charge in [0.15, 0.2) is 0 Å². The lowest BCUT2D eigenvalue weighted by atomic mass is 9.98. The van der Waals surface area contributed by atoms with E-state index in [1.807, 2.05) is 40.9 Å². The van der Waals surface area contributed by atoms with Crippen molar-refractivity contribution in [2.45, 2.75) is 56.7 Å². The summed E-state index contributed by atoms with van der Waals surface area (Å²) < 4.78 is 0. The quantitative estimate of drug-likeness (QED) is 0.790. The molecule has 2 amide bonds. The number of hydrogen-bond donors (Lipinski definition) is 0. The Balaban J connectivity index is 1.41. The van der Waals surface area contributed by atoms with Crippen molar-refractivity contribution >= 4 is 23.6 Å². The Morgan fingerprint density at radius 2 is 1.74 bits per heavy atom. The highest BCUT2D eigenvalue weighted by Crippen LogP contribution is 2.45. The molecule has 2 saturated heterocycles. The predicted octanol–water partition coefficient (Wildman–Crippen LogP) is 3.95. The summed E-state index contributed by atoms with van der Waals surface area (Å²) >= 11 is 1.94. The van der Waals surface area contributed by atoms with E-state index in [0.717, 1.165) is 63.1 Å². The highest BCUT2D eigenvalue weighted by Gasteiger charge is 2.48. The number of rotatable bonds is 3. The van der Waals surface area contributed by atoms with Crippen molar-refractivity contribution in [3.63, 3.8) is 0 Å². The highest BCUT2D eigenvalue weighted by atomic mass is 32.2. The number of nitrogens with zero attached hydrogens (tertiary/aromatic N) is 2. The molecule has 1 aromatic rings. The van der Waals surface area contributed by atoms with Crippen molar-refractivity contribution < 1.29 is 9.59 Å². The average molecular weight is 387 g/mol. The molecule has 0 aromatic heterocycles. The fraction of sp³-hybridized carbons (Fsp3) is 0.636. The molecule has 1 aliphatic carbocycles. The fourth-order valence-electron chi connectivity index (χ4n) is 4.85. The van der Waals surface area contributed by atoms with E-state index in [-0.39, 0.29) is 16.7 Å². The summed E-state index contributed by atoms with van der Waals surface area (Å²) in [5, 5.41) is 0. The van der Waals surface area contributed by atoms with Gasteiger partial charge in [-0.3, -0.25) is 9.59 Å². The standard InChI is InChI=1S/C22H30N2O2S/c1-2-17-7-9-19(10-8-17)20(25)23-13-11-22(12-14-23)24(15-16-27-22)21(26)18-5-3-4-6-18/h7-10,18H,2-6,11-16H2,1H3. The minimum atomic E-state index is -0.0669. The molecule has 3 fully saturated rings. The van der Waals surface area contributed by atoms with Crippen LogP contribution in [0.25, 0.3) is 0 Å². The molecule has 2 heterocycles. The largest absolute Gasteiger partial charge is 0.338 e. The van der Waals surface area contributed by atoms with Crippen LogP contribution in [-0.2, 0) is 11.2 Å². The van der Waals surface area contributed by atoms with Crippen LogP contribution in [0.5, 0.6) is 0 Å². The number of aryl methyl sites for hydroxylation is 1. The van der Waals surface area contributed by atoms with Gasteiger partial charge in [-0.2, -0.15) is 0 Å². The first-order valence-electron chi connectivity index (χ1n) is 10.5. The summed E-state index contributed by atoms with van der Waals surface area (Å²) in [5.41, 5.74) is 2.04. The second kappa shape index (κ2) is 7.86. The van der Waals surface area contributed by atoms with Crippen molar-refractivity contribution in [1.29, 1.82) is 0 Å².